The quantitative estimate of drug-likeness (QED) is 0.567. The summed E-state index contributed by atoms with van der Waals surface area (Å²) in [5.74, 6) is -0.414. The minimum Gasteiger partial charge on any atom is -0.490 e. The molecule has 0 atom stereocenters. The highest BCUT2D eigenvalue weighted by Gasteiger charge is 2.16. The fraction of sp³-hybridized carbons (Fsp3) is 0.391. The molecular formula is C23H28ClFN2O3. The monoisotopic (exact) mass is 434 g/mol. The third-order valence-electron chi connectivity index (χ3n) is 4.94. The largest absolute Gasteiger partial charge is 0.490 e. The van der Waals surface area contributed by atoms with Gasteiger partial charge >= 0.3 is 0 Å². The number of halogens is 2. The maximum atomic E-state index is 14.3. The van der Waals surface area contributed by atoms with Gasteiger partial charge in [0.25, 0.3) is 5.91 Å². The van der Waals surface area contributed by atoms with E-state index in [9.17, 15) is 14.0 Å². The molecule has 0 radical (unpaired) electrons. The Morgan fingerprint density at radius 3 is 2.60 bits per heavy atom. The van der Waals surface area contributed by atoms with Gasteiger partial charge in [-0.1, -0.05) is 30.7 Å². The molecule has 2 amide bonds. The third kappa shape index (κ3) is 5.72. The number of carbonyl (C=O) groups is 2. The molecule has 0 aromatic heterocycles. The number of ether oxygens (including phenoxy) is 1. The molecule has 0 fully saturated rings. The van der Waals surface area contributed by atoms with Crippen LogP contribution in [0.5, 0.6) is 5.75 Å². The van der Waals surface area contributed by atoms with E-state index in [0.717, 1.165) is 35.1 Å². The van der Waals surface area contributed by atoms with Crippen molar-refractivity contribution < 1.29 is 18.7 Å². The summed E-state index contributed by atoms with van der Waals surface area (Å²) in [6.07, 6.45) is 2.19. The number of nitrogens with zero attached hydrogens (tertiary/aromatic N) is 1. The van der Waals surface area contributed by atoms with Crippen LogP contribution in [0.15, 0.2) is 24.3 Å². The molecule has 2 aromatic rings. The summed E-state index contributed by atoms with van der Waals surface area (Å²) in [7, 11) is 1.47. The highest BCUT2D eigenvalue weighted by atomic mass is 35.5. The Hall–Kier alpha value is -2.60. The number of amides is 2. The summed E-state index contributed by atoms with van der Waals surface area (Å²) in [4.78, 5) is 24.4. The van der Waals surface area contributed by atoms with E-state index in [-0.39, 0.29) is 5.56 Å². The summed E-state index contributed by atoms with van der Waals surface area (Å²) >= 11 is 6.56. The van der Waals surface area contributed by atoms with Crippen molar-refractivity contribution in [2.75, 3.05) is 26.7 Å². The summed E-state index contributed by atoms with van der Waals surface area (Å²) in [5, 5.41) is 2.94. The number of hydrogen-bond donors (Lipinski definition) is 1. The normalized spacial score (nSPS) is 10.6. The molecule has 0 saturated carbocycles. The minimum absolute atomic E-state index is 0.0170. The molecule has 0 heterocycles. The van der Waals surface area contributed by atoms with Crippen molar-refractivity contribution >= 4 is 23.9 Å². The fourth-order valence-corrected chi connectivity index (χ4v) is 3.58. The average Bonchev–Trinajstić information content (AvgIpc) is 2.73. The Kier molecular flexibility index (Phi) is 8.66. The zero-order valence-corrected chi connectivity index (χ0v) is 18.6. The molecule has 0 aliphatic heterocycles. The molecule has 0 spiro atoms. The first kappa shape index (κ1) is 23.7. The first-order chi connectivity index (χ1) is 14.3. The van der Waals surface area contributed by atoms with Crippen LogP contribution < -0.4 is 10.1 Å². The molecule has 30 heavy (non-hydrogen) atoms. The van der Waals surface area contributed by atoms with Gasteiger partial charge in [-0.3, -0.25) is 9.59 Å². The Morgan fingerprint density at radius 2 is 2.00 bits per heavy atom. The van der Waals surface area contributed by atoms with E-state index in [1.807, 2.05) is 26.8 Å². The molecule has 162 valence electrons. The maximum absolute atomic E-state index is 14.3. The van der Waals surface area contributed by atoms with E-state index in [1.165, 1.54) is 19.2 Å². The summed E-state index contributed by atoms with van der Waals surface area (Å²) in [6.45, 7) is 7.34. The molecular weight excluding hydrogens is 407 g/mol. The predicted molar refractivity (Wildman–Crippen MR) is 117 cm³/mol. The third-order valence-corrected chi connectivity index (χ3v) is 5.40. The number of nitrogens with one attached hydrogen (secondary N) is 1. The van der Waals surface area contributed by atoms with Gasteiger partial charge in [-0.2, -0.15) is 0 Å². The number of aryl methyl sites for hydroxylation is 1. The highest BCUT2D eigenvalue weighted by Crippen LogP contribution is 2.35. The van der Waals surface area contributed by atoms with E-state index in [1.54, 1.807) is 11.0 Å². The van der Waals surface area contributed by atoms with Crippen molar-refractivity contribution in [2.24, 2.45) is 0 Å². The highest BCUT2D eigenvalue weighted by molar-refractivity contribution is 6.33. The Bertz CT molecular complexity index is 918. The van der Waals surface area contributed by atoms with Crippen molar-refractivity contribution in [3.8, 4) is 5.75 Å². The van der Waals surface area contributed by atoms with Gasteiger partial charge in [-0.15, -0.1) is 0 Å². The molecule has 2 aromatic carbocycles. The van der Waals surface area contributed by atoms with Crippen molar-refractivity contribution in [3.05, 3.63) is 62.9 Å². The van der Waals surface area contributed by atoms with Gasteiger partial charge in [0, 0.05) is 13.6 Å². The Labute approximate surface area is 182 Å². The lowest BCUT2D eigenvalue weighted by Crippen LogP contribution is -2.28. The Morgan fingerprint density at radius 1 is 1.27 bits per heavy atom. The van der Waals surface area contributed by atoms with E-state index in [4.69, 9.17) is 16.3 Å². The van der Waals surface area contributed by atoms with Crippen LogP contribution in [0, 0.1) is 19.7 Å². The van der Waals surface area contributed by atoms with Crippen molar-refractivity contribution in [3.63, 3.8) is 0 Å². The number of hydrogen-bond acceptors (Lipinski definition) is 3. The molecule has 0 bridgehead atoms. The van der Waals surface area contributed by atoms with Gasteiger partial charge < -0.3 is 15.0 Å². The van der Waals surface area contributed by atoms with Crippen LogP contribution in [0.1, 0.15) is 46.0 Å². The van der Waals surface area contributed by atoms with Crippen LogP contribution in [0.2, 0.25) is 5.02 Å². The molecule has 7 heteroatoms. The van der Waals surface area contributed by atoms with Crippen LogP contribution in [0.25, 0.3) is 0 Å². The van der Waals surface area contributed by atoms with Gasteiger partial charge in [0.05, 0.1) is 17.1 Å². The minimum atomic E-state index is -0.556. The topological polar surface area (TPSA) is 58.6 Å². The molecule has 0 unspecified atom stereocenters. The lowest BCUT2D eigenvalue weighted by Gasteiger charge is -2.19. The van der Waals surface area contributed by atoms with Crippen molar-refractivity contribution in [2.45, 2.75) is 33.6 Å². The standard InChI is InChI=1S/C23H28ClFN2O3/c1-5-8-27(14-28)9-10-30-22-15(2)11-18(16(3)21(22)24)12-17-6-7-19(20(25)13-17)23(29)26-4/h6-7,11,13-14H,5,8-10,12H2,1-4H3,(H,26,29). The van der Waals surface area contributed by atoms with Gasteiger partial charge in [0.1, 0.15) is 18.2 Å². The van der Waals surface area contributed by atoms with Crippen LogP contribution in [0.4, 0.5) is 4.39 Å². The summed E-state index contributed by atoms with van der Waals surface area (Å²) in [6, 6.07) is 6.58. The predicted octanol–water partition coefficient (Wildman–Crippen LogP) is 4.29. The molecule has 0 aliphatic rings. The molecule has 0 aliphatic carbocycles. The second-order valence-electron chi connectivity index (χ2n) is 7.18. The summed E-state index contributed by atoms with van der Waals surface area (Å²) < 4.78 is 20.1. The second-order valence-corrected chi connectivity index (χ2v) is 7.56. The van der Waals surface area contributed by atoms with Crippen LogP contribution in [0.3, 0.4) is 0 Å². The van der Waals surface area contributed by atoms with Gasteiger partial charge in [0.2, 0.25) is 6.41 Å². The summed E-state index contributed by atoms with van der Waals surface area (Å²) in [5.41, 5.74) is 3.44. The molecule has 1 N–H and O–H groups in total. The zero-order chi connectivity index (χ0) is 22.3. The van der Waals surface area contributed by atoms with Crippen LogP contribution >= 0.6 is 11.6 Å². The van der Waals surface area contributed by atoms with Crippen molar-refractivity contribution in [1.82, 2.24) is 10.2 Å². The van der Waals surface area contributed by atoms with E-state index >= 15 is 0 Å². The zero-order valence-electron chi connectivity index (χ0n) is 17.9. The maximum Gasteiger partial charge on any atom is 0.253 e. The van der Waals surface area contributed by atoms with Gasteiger partial charge in [0.15, 0.2) is 0 Å². The van der Waals surface area contributed by atoms with Crippen LogP contribution in [-0.2, 0) is 11.2 Å². The SMILES string of the molecule is CCCN(C=O)CCOc1c(C)cc(Cc2ccc(C(=O)NC)c(F)c2)c(C)c1Cl. The van der Waals surface area contributed by atoms with Crippen LogP contribution in [-0.4, -0.2) is 44.0 Å². The average molecular weight is 435 g/mol. The lowest BCUT2D eigenvalue weighted by atomic mass is 9.97. The first-order valence-corrected chi connectivity index (χ1v) is 10.3. The van der Waals surface area contributed by atoms with Crippen molar-refractivity contribution in [1.29, 1.82) is 0 Å². The molecule has 5 nitrogen and oxygen atoms in total. The number of carbonyl (C=O) groups excluding carboxylic acids is 2. The van der Waals surface area contributed by atoms with E-state index < -0.39 is 11.7 Å². The van der Waals surface area contributed by atoms with E-state index in [2.05, 4.69) is 5.32 Å². The second kappa shape index (κ2) is 11.0. The Balaban J connectivity index is 2.17. The van der Waals surface area contributed by atoms with Gasteiger partial charge in [-0.25, -0.2) is 4.39 Å². The number of benzene rings is 2. The van der Waals surface area contributed by atoms with Gasteiger partial charge in [-0.05, 0) is 61.1 Å². The smallest absolute Gasteiger partial charge is 0.253 e. The molecule has 0 saturated heterocycles. The number of rotatable bonds is 10. The first-order valence-electron chi connectivity index (χ1n) is 9.93. The molecule has 2 rings (SSSR count). The fourth-order valence-electron chi connectivity index (χ4n) is 3.26. The van der Waals surface area contributed by atoms with E-state index in [0.29, 0.717) is 36.9 Å². The lowest BCUT2D eigenvalue weighted by molar-refractivity contribution is -0.118.